The molecule has 29 heavy (non-hydrogen) atoms. The van der Waals surface area contributed by atoms with Crippen LogP contribution in [0.1, 0.15) is 62.3 Å². The van der Waals surface area contributed by atoms with Crippen LogP contribution in [-0.2, 0) is 0 Å². The van der Waals surface area contributed by atoms with E-state index < -0.39 is 76.2 Å². The Morgan fingerprint density at radius 1 is 0.586 bits per heavy atom. The van der Waals surface area contributed by atoms with Crippen LogP contribution in [0, 0.1) is 16.2 Å². The van der Waals surface area contributed by atoms with Crippen LogP contribution in [0.15, 0.2) is 10.6 Å². The minimum Gasteiger partial charge on any atom is -0.166 e. The van der Waals surface area contributed by atoms with Crippen molar-refractivity contribution in [1.29, 1.82) is 0 Å². The maximum Gasteiger partial charge on any atom is 0.417 e. The molecule has 0 aromatic carbocycles. The van der Waals surface area contributed by atoms with Crippen molar-refractivity contribution in [2.45, 2.75) is 88.7 Å². The topological polar surface area (TPSA) is 0 Å². The number of alkyl halides is 6. The van der Waals surface area contributed by atoms with Crippen molar-refractivity contribution in [2.75, 3.05) is 0 Å². The zero-order valence-electron chi connectivity index (χ0n) is 18.0. The monoisotopic (exact) mass is 494 g/mol. The molecule has 10 heteroatoms. The third-order valence-corrected chi connectivity index (χ3v) is 29.1. The summed E-state index contributed by atoms with van der Waals surface area (Å²) in [6.07, 6.45) is -9.86. The molecule has 166 valence electrons. The molecule has 5 aliphatic heterocycles. The van der Waals surface area contributed by atoms with E-state index in [-0.39, 0.29) is 0 Å². The summed E-state index contributed by atoms with van der Waals surface area (Å²) in [5.74, 6) is 0. The fraction of sp³-hybridized carbons (Fsp3) is 0.895. The van der Waals surface area contributed by atoms with Crippen molar-refractivity contribution in [3.05, 3.63) is 10.6 Å². The van der Waals surface area contributed by atoms with Crippen molar-refractivity contribution < 1.29 is 26.3 Å². The van der Waals surface area contributed by atoms with Gasteiger partial charge in [-0.1, -0.05) is 62.3 Å². The molecule has 6 atom stereocenters. The smallest absolute Gasteiger partial charge is 0.166 e. The second-order valence-electron chi connectivity index (χ2n) is 11.5. The lowest BCUT2D eigenvalue weighted by Gasteiger charge is -2.45. The summed E-state index contributed by atoms with van der Waals surface area (Å²) in [5, 5.41) is -2.32. The molecular weight excluding hydrogens is 467 g/mol. The third kappa shape index (κ3) is 2.11. The predicted molar refractivity (Wildman–Crippen MR) is 114 cm³/mol. The van der Waals surface area contributed by atoms with Gasteiger partial charge in [0, 0.05) is 9.79 Å². The molecule has 5 rings (SSSR count). The second-order valence-corrected chi connectivity index (χ2v) is 22.4. The molecular formula is C19H27F6P3S. The van der Waals surface area contributed by atoms with Gasteiger partial charge in [-0.15, -0.1) is 11.4 Å². The maximum absolute atomic E-state index is 14.4. The van der Waals surface area contributed by atoms with Crippen LogP contribution >= 0.6 is 34.3 Å². The van der Waals surface area contributed by atoms with Gasteiger partial charge in [0.15, 0.2) is 0 Å². The number of hydrogen-bond acceptors (Lipinski definition) is 1. The molecule has 0 amide bonds. The first-order valence-electron chi connectivity index (χ1n) is 9.56. The Labute approximate surface area is 176 Å². The zero-order chi connectivity index (χ0) is 22.6. The van der Waals surface area contributed by atoms with Crippen LogP contribution in [0.25, 0.3) is 0 Å². The van der Waals surface area contributed by atoms with E-state index in [9.17, 15) is 26.3 Å². The Kier molecular flexibility index (Phi) is 4.28. The van der Waals surface area contributed by atoms with Gasteiger partial charge < -0.3 is 0 Å². The fourth-order valence-corrected chi connectivity index (χ4v) is 38.8. The summed E-state index contributed by atoms with van der Waals surface area (Å²) < 4.78 is 85.4. The van der Waals surface area contributed by atoms with Crippen molar-refractivity contribution in [3.63, 3.8) is 0 Å². The third-order valence-electron chi connectivity index (χ3n) is 6.77. The highest BCUT2D eigenvalue weighted by molar-refractivity contribution is 8.72. The minimum atomic E-state index is -4.93. The van der Waals surface area contributed by atoms with Crippen molar-refractivity contribution in [2.24, 2.45) is 16.2 Å². The molecule has 0 spiro atoms. The molecule has 0 aliphatic carbocycles. The number of hydrogen-bond donors (Lipinski definition) is 0. The molecule has 0 aromatic heterocycles. The van der Waals surface area contributed by atoms with E-state index in [0.29, 0.717) is 0 Å². The summed E-state index contributed by atoms with van der Waals surface area (Å²) in [4.78, 5) is -1.27. The minimum absolute atomic E-state index is 0.470. The van der Waals surface area contributed by atoms with Gasteiger partial charge in [0.05, 0.1) is 14.9 Å². The zero-order valence-corrected chi connectivity index (χ0v) is 21.5. The summed E-state index contributed by atoms with van der Waals surface area (Å²) >= 11 is 1.57. The first kappa shape index (κ1) is 23.1. The van der Waals surface area contributed by atoms with Crippen LogP contribution in [0.3, 0.4) is 0 Å². The van der Waals surface area contributed by atoms with E-state index in [1.165, 1.54) is 0 Å². The highest BCUT2D eigenvalue weighted by atomic mass is 32.7. The molecule has 4 saturated heterocycles. The Hall–Kier alpha value is 0.960. The first-order valence-corrected chi connectivity index (χ1v) is 15.0. The van der Waals surface area contributed by atoms with Gasteiger partial charge in [0.2, 0.25) is 0 Å². The lowest BCUT2D eigenvalue weighted by molar-refractivity contribution is -0.105. The quantitative estimate of drug-likeness (QED) is 0.239. The second kappa shape index (κ2) is 5.37. The van der Waals surface area contributed by atoms with Crippen molar-refractivity contribution in [3.8, 4) is 0 Å². The highest BCUT2D eigenvalue weighted by Crippen LogP contribution is 3.31. The highest BCUT2D eigenvalue weighted by Gasteiger charge is 3.06. The molecule has 0 saturated carbocycles. The molecule has 0 nitrogen and oxygen atoms in total. The van der Waals surface area contributed by atoms with Crippen LogP contribution < -0.4 is 0 Å². The summed E-state index contributed by atoms with van der Waals surface area (Å²) in [7, 11) is -4.98. The molecule has 0 radical (unpaired) electrons. The molecule has 0 aromatic rings. The van der Waals surface area contributed by atoms with E-state index in [0.717, 1.165) is 0 Å². The SMILES string of the molecule is CC(C)(C)C12SP3[C@]4(C(C)(C)C)P1C(C(F)(F)F)=C(C(F)(F)F)P2[C@]34C(C)(C)C. The van der Waals surface area contributed by atoms with Crippen LogP contribution in [-0.4, -0.2) is 26.4 Å². The Morgan fingerprint density at radius 3 is 1.10 bits per heavy atom. The fourth-order valence-electron chi connectivity index (χ4n) is 6.18. The van der Waals surface area contributed by atoms with Crippen LogP contribution in [0.5, 0.6) is 0 Å². The van der Waals surface area contributed by atoms with Gasteiger partial charge in [0.25, 0.3) is 0 Å². The molecule has 6 bridgehead atoms. The average Bonchev–Trinajstić information content (AvgIpc) is 2.73. The molecule has 0 N–H and O–H groups in total. The largest absolute Gasteiger partial charge is 0.417 e. The van der Waals surface area contributed by atoms with Gasteiger partial charge in [-0.2, -0.15) is 26.3 Å². The molecule has 5 heterocycles. The standard InChI is InChI=1S/C19H27F6P3S/c1-12(2,3)17-18(13(4,5)6)27-11(16(23,24)25)10(15(20,21)22)26(17)19(27,14(7,8)9)29-28(17)18/h1-9H3/t17-,18+,19?,26?,27?,28?. The van der Waals surface area contributed by atoms with Crippen LogP contribution in [0.4, 0.5) is 26.3 Å². The molecule has 5 aliphatic rings. The van der Waals surface area contributed by atoms with E-state index in [1.54, 1.807) is 11.4 Å². The maximum atomic E-state index is 14.4. The number of rotatable bonds is 0. The summed E-state index contributed by atoms with van der Waals surface area (Å²) in [6, 6.07) is 0. The van der Waals surface area contributed by atoms with Gasteiger partial charge in [-0.05, 0) is 39.2 Å². The van der Waals surface area contributed by atoms with E-state index >= 15 is 0 Å². The number of halogens is 6. The first-order chi connectivity index (χ1) is 12.6. The van der Waals surface area contributed by atoms with Gasteiger partial charge in [0.1, 0.15) is 0 Å². The predicted octanol–water partition coefficient (Wildman–Crippen LogP) is 9.66. The van der Waals surface area contributed by atoms with E-state index in [1.807, 2.05) is 62.3 Å². The Morgan fingerprint density at radius 2 is 0.897 bits per heavy atom. The van der Waals surface area contributed by atoms with Crippen molar-refractivity contribution >= 4 is 34.3 Å². The van der Waals surface area contributed by atoms with Crippen LogP contribution in [0.2, 0.25) is 0 Å². The molecule has 4 unspecified atom stereocenters. The van der Waals surface area contributed by atoms with Gasteiger partial charge in [-0.25, -0.2) is 0 Å². The average molecular weight is 494 g/mol. The van der Waals surface area contributed by atoms with Gasteiger partial charge >= 0.3 is 12.4 Å². The van der Waals surface area contributed by atoms with Crippen molar-refractivity contribution in [1.82, 2.24) is 0 Å². The summed E-state index contributed by atoms with van der Waals surface area (Å²) in [6.45, 7) is 17.4. The normalized spacial score (nSPS) is 44.2. The lowest BCUT2D eigenvalue weighted by atomic mass is 9.80. The molecule has 4 fully saturated rings. The Bertz CT molecular complexity index is 769. The summed E-state index contributed by atoms with van der Waals surface area (Å²) in [5.41, 5.74) is -1.57. The van der Waals surface area contributed by atoms with E-state index in [4.69, 9.17) is 0 Å². The lowest BCUT2D eigenvalue weighted by Crippen LogP contribution is -2.43. The number of allylic oxidation sites excluding steroid dienone is 2. The van der Waals surface area contributed by atoms with E-state index in [2.05, 4.69) is 0 Å². The van der Waals surface area contributed by atoms with Gasteiger partial charge in [-0.3, -0.25) is 0 Å². The Balaban J connectivity index is 2.18.